The summed E-state index contributed by atoms with van der Waals surface area (Å²) in [4.78, 5) is 16.3. The van der Waals surface area contributed by atoms with Crippen LogP contribution >= 0.6 is 0 Å². The van der Waals surface area contributed by atoms with Crippen LogP contribution in [0.3, 0.4) is 0 Å². The highest BCUT2D eigenvalue weighted by Crippen LogP contribution is 2.50. The van der Waals surface area contributed by atoms with Crippen LogP contribution in [0.1, 0.15) is 27.2 Å². The monoisotopic (exact) mass is 238 g/mol. The van der Waals surface area contributed by atoms with Crippen molar-refractivity contribution in [3.05, 3.63) is 0 Å². The van der Waals surface area contributed by atoms with Crippen molar-refractivity contribution in [3.63, 3.8) is 0 Å². The molecular formula is C13H22N2O2. The van der Waals surface area contributed by atoms with Crippen molar-refractivity contribution in [2.75, 3.05) is 26.2 Å². The summed E-state index contributed by atoms with van der Waals surface area (Å²) in [6.07, 6.45) is 1.22. The SMILES string of the molecule is CC(C)(C)OC(=O)N1CC2C(C1)C2N1CCC1. The summed E-state index contributed by atoms with van der Waals surface area (Å²) in [5.41, 5.74) is -0.374. The molecule has 2 atom stereocenters. The van der Waals surface area contributed by atoms with Gasteiger partial charge in [0.25, 0.3) is 0 Å². The number of nitrogens with zero attached hydrogens (tertiary/aromatic N) is 2. The highest BCUT2D eigenvalue weighted by atomic mass is 16.6. The lowest BCUT2D eigenvalue weighted by Gasteiger charge is -2.34. The Kier molecular flexibility index (Phi) is 2.41. The minimum atomic E-state index is -0.374. The molecule has 3 aliphatic rings. The molecule has 0 spiro atoms. The maximum Gasteiger partial charge on any atom is 0.410 e. The summed E-state index contributed by atoms with van der Waals surface area (Å²) in [7, 11) is 0. The van der Waals surface area contributed by atoms with E-state index in [0.717, 1.165) is 31.0 Å². The van der Waals surface area contributed by atoms with Crippen LogP contribution in [0.5, 0.6) is 0 Å². The van der Waals surface area contributed by atoms with Crippen molar-refractivity contribution in [1.82, 2.24) is 9.80 Å². The Morgan fingerprint density at radius 3 is 2.18 bits per heavy atom. The molecule has 1 saturated carbocycles. The number of rotatable bonds is 1. The van der Waals surface area contributed by atoms with Gasteiger partial charge in [-0.3, -0.25) is 4.90 Å². The van der Waals surface area contributed by atoms with Crippen LogP contribution in [0.4, 0.5) is 4.79 Å². The predicted molar refractivity (Wildman–Crippen MR) is 64.8 cm³/mol. The largest absolute Gasteiger partial charge is 0.444 e. The third-order valence-corrected chi connectivity index (χ3v) is 4.11. The van der Waals surface area contributed by atoms with Crippen molar-refractivity contribution >= 4 is 6.09 Å². The fourth-order valence-corrected chi connectivity index (χ4v) is 3.15. The van der Waals surface area contributed by atoms with Gasteiger partial charge in [-0.15, -0.1) is 0 Å². The van der Waals surface area contributed by atoms with Crippen molar-refractivity contribution in [1.29, 1.82) is 0 Å². The van der Waals surface area contributed by atoms with Crippen LogP contribution in [-0.4, -0.2) is 53.7 Å². The second-order valence-electron chi connectivity index (χ2n) is 6.59. The lowest BCUT2D eigenvalue weighted by molar-refractivity contribution is 0.0245. The molecule has 2 saturated heterocycles. The summed E-state index contributed by atoms with van der Waals surface area (Å²) < 4.78 is 5.40. The van der Waals surface area contributed by atoms with Crippen LogP contribution in [0.2, 0.25) is 0 Å². The Hall–Kier alpha value is -0.770. The fourth-order valence-electron chi connectivity index (χ4n) is 3.15. The first kappa shape index (κ1) is 11.3. The van der Waals surface area contributed by atoms with Crippen LogP contribution in [0.15, 0.2) is 0 Å². The molecule has 0 N–H and O–H groups in total. The van der Waals surface area contributed by atoms with E-state index < -0.39 is 0 Å². The van der Waals surface area contributed by atoms with Crippen molar-refractivity contribution < 1.29 is 9.53 Å². The molecule has 2 aliphatic heterocycles. The maximum absolute atomic E-state index is 11.9. The minimum Gasteiger partial charge on any atom is -0.444 e. The smallest absolute Gasteiger partial charge is 0.410 e. The first-order valence-electron chi connectivity index (χ1n) is 6.68. The average molecular weight is 238 g/mol. The highest BCUT2D eigenvalue weighted by Gasteiger charge is 2.60. The molecule has 0 aromatic rings. The number of carbonyl (C=O) groups is 1. The van der Waals surface area contributed by atoms with Gasteiger partial charge in [0.15, 0.2) is 0 Å². The second kappa shape index (κ2) is 3.61. The first-order valence-corrected chi connectivity index (χ1v) is 6.68. The van der Waals surface area contributed by atoms with E-state index >= 15 is 0 Å². The van der Waals surface area contributed by atoms with Crippen LogP contribution in [0.25, 0.3) is 0 Å². The lowest BCUT2D eigenvalue weighted by Crippen LogP contribution is -2.44. The number of piperidine rings is 1. The van der Waals surface area contributed by atoms with Gasteiger partial charge in [-0.1, -0.05) is 0 Å². The highest BCUT2D eigenvalue weighted by molar-refractivity contribution is 5.69. The normalized spacial score (nSPS) is 36.4. The molecule has 4 nitrogen and oxygen atoms in total. The standard InChI is InChI=1S/C13H22N2O2/c1-13(2,3)17-12(16)15-7-9-10(8-15)11(9)14-5-4-6-14/h9-11H,4-8H2,1-3H3. The minimum absolute atomic E-state index is 0.132. The Morgan fingerprint density at radius 1 is 1.18 bits per heavy atom. The molecule has 0 aromatic heterocycles. The van der Waals surface area contributed by atoms with Crippen molar-refractivity contribution in [3.8, 4) is 0 Å². The molecule has 3 rings (SSSR count). The zero-order valence-electron chi connectivity index (χ0n) is 11.0. The van der Waals surface area contributed by atoms with E-state index in [1.165, 1.54) is 19.5 Å². The zero-order chi connectivity index (χ0) is 12.2. The van der Waals surface area contributed by atoms with Gasteiger partial charge in [-0.2, -0.15) is 0 Å². The number of amides is 1. The number of hydrogen-bond donors (Lipinski definition) is 0. The Morgan fingerprint density at radius 2 is 1.76 bits per heavy atom. The molecule has 3 fully saturated rings. The van der Waals surface area contributed by atoms with E-state index in [1.54, 1.807) is 0 Å². The molecule has 0 bridgehead atoms. The average Bonchev–Trinajstić information content (AvgIpc) is 2.60. The first-order chi connectivity index (χ1) is 7.96. The quantitative estimate of drug-likeness (QED) is 0.695. The maximum atomic E-state index is 11.9. The fraction of sp³-hybridized carbons (Fsp3) is 0.923. The van der Waals surface area contributed by atoms with E-state index in [0.29, 0.717) is 0 Å². The van der Waals surface area contributed by atoms with Gasteiger partial charge in [-0.25, -0.2) is 4.79 Å². The molecule has 4 heteroatoms. The summed E-state index contributed by atoms with van der Waals surface area (Å²) in [5.74, 6) is 1.45. The summed E-state index contributed by atoms with van der Waals surface area (Å²) in [6.45, 7) is 10.1. The van der Waals surface area contributed by atoms with E-state index in [2.05, 4.69) is 4.90 Å². The van der Waals surface area contributed by atoms with Crippen LogP contribution < -0.4 is 0 Å². The summed E-state index contributed by atoms with van der Waals surface area (Å²) in [6, 6.07) is 0.780. The van der Waals surface area contributed by atoms with Gasteiger partial charge in [0.05, 0.1) is 0 Å². The molecule has 0 radical (unpaired) electrons. The van der Waals surface area contributed by atoms with E-state index in [-0.39, 0.29) is 11.7 Å². The molecule has 2 unspecified atom stereocenters. The predicted octanol–water partition coefficient (Wildman–Crippen LogP) is 1.56. The molecule has 0 aromatic carbocycles. The van der Waals surface area contributed by atoms with Gasteiger partial charge in [0.1, 0.15) is 5.60 Å². The second-order valence-corrected chi connectivity index (χ2v) is 6.59. The molecule has 1 aliphatic carbocycles. The van der Waals surface area contributed by atoms with Crippen molar-refractivity contribution in [2.24, 2.45) is 11.8 Å². The van der Waals surface area contributed by atoms with Gasteiger partial charge in [0, 0.05) is 19.1 Å². The van der Waals surface area contributed by atoms with E-state index in [1.807, 2.05) is 25.7 Å². The Labute approximate surface area is 103 Å². The van der Waals surface area contributed by atoms with E-state index in [4.69, 9.17) is 4.74 Å². The van der Waals surface area contributed by atoms with Gasteiger partial charge in [0.2, 0.25) is 0 Å². The molecule has 96 valence electrons. The van der Waals surface area contributed by atoms with E-state index in [9.17, 15) is 4.79 Å². The molecular weight excluding hydrogens is 216 g/mol. The number of fused-ring (bicyclic) bond motifs is 1. The van der Waals surface area contributed by atoms with Crippen LogP contribution in [0, 0.1) is 11.8 Å². The number of likely N-dealkylation sites (tertiary alicyclic amines) is 2. The van der Waals surface area contributed by atoms with Gasteiger partial charge in [-0.05, 0) is 52.1 Å². The summed E-state index contributed by atoms with van der Waals surface area (Å²) >= 11 is 0. The zero-order valence-corrected chi connectivity index (χ0v) is 11.0. The van der Waals surface area contributed by atoms with Gasteiger partial charge >= 0.3 is 6.09 Å². The number of hydrogen-bond acceptors (Lipinski definition) is 3. The molecule has 1 amide bonds. The van der Waals surface area contributed by atoms with Gasteiger partial charge < -0.3 is 9.64 Å². The topological polar surface area (TPSA) is 32.8 Å². The lowest BCUT2D eigenvalue weighted by atomic mass is 10.2. The number of carbonyl (C=O) groups excluding carboxylic acids is 1. The summed E-state index contributed by atoms with van der Waals surface area (Å²) in [5, 5.41) is 0. The van der Waals surface area contributed by atoms with Crippen molar-refractivity contribution in [2.45, 2.75) is 38.8 Å². The third-order valence-electron chi connectivity index (χ3n) is 4.11. The van der Waals surface area contributed by atoms with Crippen LogP contribution in [-0.2, 0) is 4.74 Å². The molecule has 2 heterocycles. The Balaban J connectivity index is 1.49. The molecule has 17 heavy (non-hydrogen) atoms. The Bertz CT molecular complexity index is 321. The number of ether oxygens (including phenoxy) is 1. The third kappa shape index (κ3) is 2.03.